The number of halogens is 1. The molecule has 0 bridgehead atoms. The van der Waals surface area contributed by atoms with Gasteiger partial charge in [-0.2, -0.15) is 0 Å². The number of nitrogens with zero attached hydrogens (tertiary/aromatic N) is 3. The molecule has 8 heteroatoms. The normalized spacial score (nSPS) is 16.1. The minimum Gasteiger partial charge on any atom is -0.343 e. The monoisotopic (exact) mass is 385 g/mol. The standard InChI is InChI=1S/C19H20FN5OS/c1-19(11-21,12-7-8-12)23-18(26)16-22-17(15-6-3-9-27-15)25(24-16)14-5-2-4-13(20)10-14/h2-6,9-10,12H,7-8,11,21H2,1H3,(H,23,26). The van der Waals surface area contributed by atoms with Crippen molar-refractivity contribution in [1.82, 2.24) is 20.1 Å². The quantitative estimate of drug-likeness (QED) is 0.683. The Kier molecular flexibility index (Phi) is 4.53. The summed E-state index contributed by atoms with van der Waals surface area (Å²) in [7, 11) is 0. The molecule has 27 heavy (non-hydrogen) atoms. The van der Waals surface area contributed by atoms with Crippen LogP contribution in [0.5, 0.6) is 0 Å². The number of amides is 1. The van der Waals surface area contributed by atoms with Crippen LogP contribution in [0.2, 0.25) is 0 Å². The van der Waals surface area contributed by atoms with Gasteiger partial charge in [0, 0.05) is 6.54 Å². The fourth-order valence-corrected chi connectivity index (χ4v) is 3.82. The molecule has 2 aromatic heterocycles. The van der Waals surface area contributed by atoms with E-state index in [4.69, 9.17) is 5.73 Å². The number of hydrogen-bond donors (Lipinski definition) is 2. The van der Waals surface area contributed by atoms with Gasteiger partial charge in [0.15, 0.2) is 5.82 Å². The predicted octanol–water partition coefficient (Wildman–Crippen LogP) is 2.99. The van der Waals surface area contributed by atoms with E-state index < -0.39 is 5.54 Å². The molecule has 0 spiro atoms. The Morgan fingerprint density at radius 2 is 2.22 bits per heavy atom. The van der Waals surface area contributed by atoms with Gasteiger partial charge < -0.3 is 11.1 Å². The summed E-state index contributed by atoms with van der Waals surface area (Å²) in [6.45, 7) is 2.30. The lowest BCUT2D eigenvalue weighted by atomic mass is 9.96. The van der Waals surface area contributed by atoms with Crippen molar-refractivity contribution >= 4 is 17.2 Å². The zero-order valence-corrected chi connectivity index (χ0v) is 15.7. The molecule has 4 rings (SSSR count). The van der Waals surface area contributed by atoms with Gasteiger partial charge in [0.1, 0.15) is 5.82 Å². The third-order valence-electron chi connectivity index (χ3n) is 4.91. The molecular weight excluding hydrogens is 365 g/mol. The summed E-state index contributed by atoms with van der Waals surface area (Å²) >= 11 is 1.48. The van der Waals surface area contributed by atoms with Crippen LogP contribution in [0.25, 0.3) is 16.4 Å². The molecule has 0 radical (unpaired) electrons. The first-order chi connectivity index (χ1) is 13.0. The number of nitrogens with one attached hydrogen (secondary N) is 1. The van der Waals surface area contributed by atoms with Gasteiger partial charge in [0.2, 0.25) is 5.82 Å². The fourth-order valence-electron chi connectivity index (χ4n) is 3.12. The molecule has 1 aliphatic rings. The smallest absolute Gasteiger partial charge is 0.291 e. The van der Waals surface area contributed by atoms with Crippen LogP contribution in [-0.4, -0.2) is 32.8 Å². The number of hydrogen-bond acceptors (Lipinski definition) is 5. The van der Waals surface area contributed by atoms with Crippen molar-refractivity contribution in [2.75, 3.05) is 6.54 Å². The Balaban J connectivity index is 1.72. The number of carbonyl (C=O) groups excluding carboxylic acids is 1. The number of benzene rings is 1. The highest BCUT2D eigenvalue weighted by atomic mass is 32.1. The Bertz CT molecular complexity index is 966. The van der Waals surface area contributed by atoms with Crippen LogP contribution in [0.15, 0.2) is 41.8 Å². The van der Waals surface area contributed by atoms with E-state index in [-0.39, 0.29) is 17.5 Å². The second kappa shape index (κ2) is 6.86. The summed E-state index contributed by atoms with van der Waals surface area (Å²) in [6.07, 6.45) is 2.11. The lowest BCUT2D eigenvalue weighted by Crippen LogP contribution is -2.53. The zero-order valence-electron chi connectivity index (χ0n) is 14.9. The topological polar surface area (TPSA) is 85.8 Å². The van der Waals surface area contributed by atoms with Crippen LogP contribution in [0.3, 0.4) is 0 Å². The van der Waals surface area contributed by atoms with Gasteiger partial charge in [-0.25, -0.2) is 14.1 Å². The molecule has 1 atom stereocenters. The highest BCUT2D eigenvalue weighted by Crippen LogP contribution is 2.39. The summed E-state index contributed by atoms with van der Waals surface area (Å²) in [6, 6.07) is 9.83. The molecule has 3 aromatic rings. The van der Waals surface area contributed by atoms with Crippen molar-refractivity contribution in [1.29, 1.82) is 0 Å². The molecule has 1 saturated carbocycles. The van der Waals surface area contributed by atoms with Gasteiger partial charge in [-0.3, -0.25) is 4.79 Å². The van der Waals surface area contributed by atoms with E-state index in [1.807, 2.05) is 24.4 Å². The van der Waals surface area contributed by atoms with Crippen LogP contribution in [0.1, 0.15) is 30.4 Å². The molecular formula is C19H20FN5OS. The SMILES string of the molecule is CC(CN)(NC(=O)c1nc(-c2cccs2)n(-c2cccc(F)c2)n1)C1CC1. The van der Waals surface area contributed by atoms with E-state index >= 15 is 0 Å². The lowest BCUT2D eigenvalue weighted by Gasteiger charge is -2.28. The number of nitrogens with two attached hydrogens (primary N) is 1. The number of thiophene rings is 1. The average Bonchev–Trinajstić information content (AvgIpc) is 3.20. The van der Waals surface area contributed by atoms with E-state index in [0.29, 0.717) is 24.0 Å². The first-order valence-corrected chi connectivity index (χ1v) is 9.67. The molecule has 0 saturated heterocycles. The van der Waals surface area contributed by atoms with Gasteiger partial charge in [-0.1, -0.05) is 12.1 Å². The highest BCUT2D eigenvalue weighted by Gasteiger charge is 2.42. The molecule has 1 unspecified atom stereocenters. The van der Waals surface area contributed by atoms with Crippen LogP contribution in [0, 0.1) is 11.7 Å². The number of aromatic nitrogens is 3. The molecule has 3 N–H and O–H groups in total. The summed E-state index contributed by atoms with van der Waals surface area (Å²) < 4.78 is 15.2. The summed E-state index contributed by atoms with van der Waals surface area (Å²) in [4.78, 5) is 18.1. The van der Waals surface area contributed by atoms with Crippen LogP contribution in [-0.2, 0) is 0 Å². The van der Waals surface area contributed by atoms with Crippen molar-refractivity contribution in [3.05, 3.63) is 53.4 Å². The molecule has 140 valence electrons. The Hall–Kier alpha value is -2.58. The summed E-state index contributed by atoms with van der Waals surface area (Å²) in [5.74, 6) is 0.177. The molecule has 0 aliphatic heterocycles. The third kappa shape index (κ3) is 3.50. The molecule has 2 heterocycles. The first-order valence-electron chi connectivity index (χ1n) is 8.79. The second-order valence-electron chi connectivity index (χ2n) is 6.98. The summed E-state index contributed by atoms with van der Waals surface area (Å²) in [5, 5.41) is 9.28. The second-order valence-corrected chi connectivity index (χ2v) is 7.93. The maximum absolute atomic E-state index is 13.7. The van der Waals surface area contributed by atoms with Crippen molar-refractivity contribution in [3.63, 3.8) is 0 Å². The third-order valence-corrected chi connectivity index (χ3v) is 5.77. The van der Waals surface area contributed by atoms with E-state index in [0.717, 1.165) is 17.7 Å². The predicted molar refractivity (Wildman–Crippen MR) is 102 cm³/mol. The molecule has 1 amide bonds. The Labute approximate surface area is 160 Å². The van der Waals surface area contributed by atoms with Gasteiger partial charge >= 0.3 is 0 Å². The van der Waals surface area contributed by atoms with Crippen molar-refractivity contribution in [2.45, 2.75) is 25.3 Å². The average molecular weight is 385 g/mol. The van der Waals surface area contributed by atoms with Gasteiger partial charge in [-0.15, -0.1) is 16.4 Å². The van der Waals surface area contributed by atoms with Crippen LogP contribution >= 0.6 is 11.3 Å². The molecule has 6 nitrogen and oxygen atoms in total. The minimum atomic E-state index is -0.468. The van der Waals surface area contributed by atoms with Crippen molar-refractivity contribution in [2.24, 2.45) is 11.7 Å². The summed E-state index contributed by atoms with van der Waals surface area (Å²) in [5.41, 5.74) is 5.93. The molecule has 1 aliphatic carbocycles. The molecule has 1 aromatic carbocycles. The Morgan fingerprint density at radius 1 is 1.41 bits per heavy atom. The van der Waals surface area contributed by atoms with E-state index in [1.165, 1.54) is 28.2 Å². The van der Waals surface area contributed by atoms with Crippen molar-refractivity contribution < 1.29 is 9.18 Å². The van der Waals surface area contributed by atoms with Gasteiger partial charge in [0.05, 0.1) is 16.1 Å². The minimum absolute atomic E-state index is 0.0444. The van der Waals surface area contributed by atoms with E-state index in [2.05, 4.69) is 15.4 Å². The number of carbonyl (C=O) groups is 1. The Morgan fingerprint density at radius 3 is 2.85 bits per heavy atom. The maximum atomic E-state index is 13.7. The fraction of sp³-hybridized carbons (Fsp3) is 0.316. The first kappa shape index (κ1) is 17.8. The van der Waals surface area contributed by atoms with Gasteiger partial charge in [0.25, 0.3) is 5.91 Å². The highest BCUT2D eigenvalue weighted by molar-refractivity contribution is 7.13. The van der Waals surface area contributed by atoms with Gasteiger partial charge in [-0.05, 0) is 55.3 Å². The van der Waals surface area contributed by atoms with Crippen LogP contribution < -0.4 is 11.1 Å². The largest absolute Gasteiger partial charge is 0.343 e. The van der Waals surface area contributed by atoms with Crippen molar-refractivity contribution in [3.8, 4) is 16.4 Å². The van der Waals surface area contributed by atoms with E-state index in [1.54, 1.807) is 12.1 Å². The van der Waals surface area contributed by atoms with E-state index in [9.17, 15) is 9.18 Å². The zero-order chi connectivity index (χ0) is 19.0. The maximum Gasteiger partial charge on any atom is 0.291 e. The molecule has 1 fully saturated rings. The van der Waals surface area contributed by atoms with Crippen LogP contribution in [0.4, 0.5) is 4.39 Å². The number of rotatable bonds is 6. The lowest BCUT2D eigenvalue weighted by molar-refractivity contribution is 0.0887.